The number of hydrogen-bond acceptors (Lipinski definition) is 4. The molecule has 0 heterocycles. The molecular formula is C10H15BrClFN2O3S. The number of rotatable bonds is 6. The summed E-state index contributed by atoms with van der Waals surface area (Å²) in [4.78, 5) is -0.221. The second-order valence-electron chi connectivity index (χ2n) is 3.42. The summed E-state index contributed by atoms with van der Waals surface area (Å²) >= 11 is 2.97. The number of nitrogens with one attached hydrogen (secondary N) is 2. The standard InChI is InChI=1S/C10H14BrFN2O3S.ClH/c1-13-3-4-14-18(15,16)10-6-8(12)7(11)5-9(10)17-2;/h5-6,13-14H,3-4H2,1-2H3;1H. The molecule has 0 aliphatic rings. The van der Waals surface area contributed by atoms with Crippen molar-refractivity contribution in [1.82, 2.24) is 10.0 Å². The van der Waals surface area contributed by atoms with E-state index >= 15 is 0 Å². The highest BCUT2D eigenvalue weighted by atomic mass is 79.9. The van der Waals surface area contributed by atoms with Crippen molar-refractivity contribution in [3.63, 3.8) is 0 Å². The topological polar surface area (TPSA) is 67.4 Å². The predicted octanol–water partition coefficient (Wildman–Crippen LogP) is 1.52. The van der Waals surface area contributed by atoms with Gasteiger partial charge in [-0.3, -0.25) is 0 Å². The molecule has 0 aliphatic carbocycles. The van der Waals surface area contributed by atoms with Crippen molar-refractivity contribution in [3.05, 3.63) is 22.4 Å². The molecule has 0 fully saturated rings. The first-order valence-corrected chi connectivity index (χ1v) is 7.37. The Hall–Kier alpha value is -0.410. The van der Waals surface area contributed by atoms with Gasteiger partial charge in [0.1, 0.15) is 16.5 Å². The predicted molar refractivity (Wildman–Crippen MR) is 77.0 cm³/mol. The Kier molecular flexibility index (Phi) is 7.83. The molecule has 19 heavy (non-hydrogen) atoms. The first-order valence-electron chi connectivity index (χ1n) is 5.09. The van der Waals surface area contributed by atoms with E-state index in [0.717, 1.165) is 6.07 Å². The van der Waals surface area contributed by atoms with Gasteiger partial charge >= 0.3 is 0 Å². The summed E-state index contributed by atoms with van der Waals surface area (Å²) in [5.74, 6) is -0.579. The second kappa shape index (κ2) is 8.01. The van der Waals surface area contributed by atoms with Crippen molar-refractivity contribution < 1.29 is 17.5 Å². The van der Waals surface area contributed by atoms with Crippen LogP contribution in [0.15, 0.2) is 21.5 Å². The smallest absolute Gasteiger partial charge is 0.244 e. The minimum atomic E-state index is -3.79. The Balaban J connectivity index is 0.00000324. The van der Waals surface area contributed by atoms with Crippen molar-refractivity contribution in [2.24, 2.45) is 0 Å². The van der Waals surface area contributed by atoms with E-state index in [2.05, 4.69) is 26.0 Å². The number of hydrogen-bond donors (Lipinski definition) is 2. The van der Waals surface area contributed by atoms with E-state index in [1.807, 2.05) is 0 Å². The molecule has 2 N–H and O–H groups in total. The van der Waals surface area contributed by atoms with Gasteiger partial charge in [0.25, 0.3) is 0 Å². The second-order valence-corrected chi connectivity index (χ2v) is 6.01. The quantitative estimate of drug-likeness (QED) is 0.738. The third-order valence-electron chi connectivity index (χ3n) is 2.16. The third kappa shape index (κ3) is 4.88. The van der Waals surface area contributed by atoms with Crippen LogP contribution in [0.2, 0.25) is 0 Å². The van der Waals surface area contributed by atoms with Gasteiger partial charge in [-0.15, -0.1) is 12.4 Å². The van der Waals surface area contributed by atoms with E-state index in [1.54, 1.807) is 7.05 Å². The third-order valence-corrected chi connectivity index (χ3v) is 4.25. The molecule has 0 bridgehead atoms. The summed E-state index contributed by atoms with van der Waals surface area (Å²) < 4.78 is 44.7. The monoisotopic (exact) mass is 376 g/mol. The summed E-state index contributed by atoms with van der Waals surface area (Å²) in [6.45, 7) is 0.681. The summed E-state index contributed by atoms with van der Waals surface area (Å²) in [6, 6.07) is 2.20. The molecule has 0 spiro atoms. The van der Waals surface area contributed by atoms with E-state index in [4.69, 9.17) is 4.74 Å². The number of ether oxygens (including phenoxy) is 1. The summed E-state index contributed by atoms with van der Waals surface area (Å²) in [6.07, 6.45) is 0. The van der Waals surface area contributed by atoms with Crippen LogP contribution in [0, 0.1) is 5.82 Å². The maximum atomic E-state index is 13.4. The van der Waals surface area contributed by atoms with Gasteiger partial charge in [-0.1, -0.05) is 0 Å². The number of likely N-dealkylation sites (N-methyl/N-ethyl adjacent to an activating group) is 1. The first-order chi connectivity index (χ1) is 8.42. The molecule has 1 aromatic carbocycles. The molecule has 0 saturated heterocycles. The van der Waals surface area contributed by atoms with Crippen LogP contribution in [0.4, 0.5) is 4.39 Å². The average Bonchev–Trinajstić information content (AvgIpc) is 2.32. The Morgan fingerprint density at radius 2 is 2.00 bits per heavy atom. The first kappa shape index (κ1) is 18.6. The Morgan fingerprint density at radius 3 is 2.53 bits per heavy atom. The Morgan fingerprint density at radius 1 is 1.37 bits per heavy atom. The van der Waals surface area contributed by atoms with Crippen molar-refractivity contribution in [1.29, 1.82) is 0 Å². The fourth-order valence-corrected chi connectivity index (χ4v) is 2.78. The normalized spacial score (nSPS) is 10.9. The Labute approximate surface area is 126 Å². The minimum Gasteiger partial charge on any atom is -0.495 e. The molecule has 1 aromatic rings. The van der Waals surface area contributed by atoms with Gasteiger partial charge in [-0.25, -0.2) is 17.5 Å². The van der Waals surface area contributed by atoms with Crippen LogP contribution in [-0.2, 0) is 10.0 Å². The van der Waals surface area contributed by atoms with E-state index in [0.29, 0.717) is 6.54 Å². The highest BCUT2D eigenvalue weighted by molar-refractivity contribution is 9.10. The van der Waals surface area contributed by atoms with E-state index in [1.165, 1.54) is 13.2 Å². The maximum absolute atomic E-state index is 13.4. The average molecular weight is 378 g/mol. The van der Waals surface area contributed by atoms with E-state index in [-0.39, 0.29) is 34.1 Å². The molecule has 0 amide bonds. The van der Waals surface area contributed by atoms with Gasteiger partial charge in [0.05, 0.1) is 11.6 Å². The zero-order valence-corrected chi connectivity index (χ0v) is 13.6. The molecule has 9 heteroatoms. The van der Waals surface area contributed by atoms with Gasteiger partial charge in [-0.05, 0) is 35.1 Å². The zero-order valence-electron chi connectivity index (χ0n) is 10.4. The van der Waals surface area contributed by atoms with Crippen LogP contribution in [0.25, 0.3) is 0 Å². The zero-order chi connectivity index (χ0) is 13.8. The van der Waals surface area contributed by atoms with Gasteiger partial charge in [0.15, 0.2) is 0 Å². The molecular weight excluding hydrogens is 363 g/mol. The number of methoxy groups -OCH3 is 1. The molecule has 0 unspecified atom stereocenters. The summed E-state index contributed by atoms with van der Waals surface area (Å²) in [5.41, 5.74) is 0. The SMILES string of the molecule is CNCCNS(=O)(=O)c1cc(F)c(Br)cc1OC.Cl. The fraction of sp³-hybridized carbons (Fsp3) is 0.400. The lowest BCUT2D eigenvalue weighted by atomic mass is 10.3. The van der Waals surface area contributed by atoms with Crippen molar-refractivity contribution in [2.45, 2.75) is 4.90 Å². The molecule has 110 valence electrons. The number of sulfonamides is 1. The lowest BCUT2D eigenvalue weighted by Gasteiger charge is -2.11. The summed E-state index contributed by atoms with van der Waals surface area (Å²) in [5, 5.41) is 2.80. The molecule has 1 rings (SSSR count). The van der Waals surface area contributed by atoms with Crippen LogP contribution in [-0.4, -0.2) is 35.7 Å². The highest BCUT2D eigenvalue weighted by Crippen LogP contribution is 2.29. The Bertz CT molecular complexity index is 528. The van der Waals surface area contributed by atoms with E-state index < -0.39 is 15.8 Å². The largest absolute Gasteiger partial charge is 0.495 e. The van der Waals surface area contributed by atoms with Gasteiger partial charge in [0.2, 0.25) is 10.0 Å². The minimum absolute atomic E-state index is 0. The maximum Gasteiger partial charge on any atom is 0.244 e. The van der Waals surface area contributed by atoms with Crippen LogP contribution < -0.4 is 14.8 Å². The van der Waals surface area contributed by atoms with Crippen LogP contribution >= 0.6 is 28.3 Å². The van der Waals surface area contributed by atoms with Crippen LogP contribution in [0.5, 0.6) is 5.75 Å². The van der Waals surface area contributed by atoms with Crippen molar-refractivity contribution >= 4 is 38.4 Å². The molecule has 0 aromatic heterocycles. The molecule has 0 aliphatic heterocycles. The van der Waals surface area contributed by atoms with Gasteiger partial charge < -0.3 is 10.1 Å². The highest BCUT2D eigenvalue weighted by Gasteiger charge is 2.21. The molecule has 5 nitrogen and oxygen atoms in total. The van der Waals surface area contributed by atoms with Gasteiger partial charge in [-0.2, -0.15) is 0 Å². The van der Waals surface area contributed by atoms with Crippen molar-refractivity contribution in [3.8, 4) is 5.75 Å². The fourth-order valence-electron chi connectivity index (χ4n) is 1.27. The van der Waals surface area contributed by atoms with Crippen molar-refractivity contribution in [2.75, 3.05) is 27.2 Å². The summed E-state index contributed by atoms with van der Waals surface area (Å²) in [7, 11) is -0.762. The molecule has 0 atom stereocenters. The number of benzene rings is 1. The van der Waals surface area contributed by atoms with E-state index in [9.17, 15) is 12.8 Å². The van der Waals surface area contributed by atoms with Crippen LogP contribution in [0.1, 0.15) is 0 Å². The van der Waals surface area contributed by atoms with Crippen LogP contribution in [0.3, 0.4) is 0 Å². The lowest BCUT2D eigenvalue weighted by Crippen LogP contribution is -2.30. The number of halogens is 3. The lowest BCUT2D eigenvalue weighted by molar-refractivity contribution is 0.400. The molecule has 0 saturated carbocycles. The van der Waals surface area contributed by atoms with Gasteiger partial charge in [0, 0.05) is 13.1 Å². The molecule has 0 radical (unpaired) electrons.